The number of anilines is 1. The van der Waals surface area contributed by atoms with Crippen molar-refractivity contribution in [3.63, 3.8) is 0 Å². The summed E-state index contributed by atoms with van der Waals surface area (Å²) in [6.07, 6.45) is 4.71. The summed E-state index contributed by atoms with van der Waals surface area (Å²) in [6.45, 7) is 2.21. The number of hydrogen-bond donors (Lipinski definition) is 2. The van der Waals surface area contributed by atoms with Crippen LogP contribution in [0.3, 0.4) is 0 Å². The van der Waals surface area contributed by atoms with E-state index in [1.807, 2.05) is 0 Å². The monoisotopic (exact) mass is 261 g/mol. The van der Waals surface area contributed by atoms with Crippen molar-refractivity contribution in [2.45, 2.75) is 31.8 Å². The van der Waals surface area contributed by atoms with Crippen LogP contribution in [0.25, 0.3) is 0 Å². The second-order valence-electron chi connectivity index (χ2n) is 5.69. The number of unbranched alkanes of at least 4 members (excludes halogenated alkanes) is 1. The molecule has 0 spiro atoms. The van der Waals surface area contributed by atoms with Gasteiger partial charge in [0.25, 0.3) is 0 Å². The number of para-hydroxylation sites is 1. The van der Waals surface area contributed by atoms with Gasteiger partial charge in [0.1, 0.15) is 0 Å². The quantitative estimate of drug-likeness (QED) is 0.819. The third-order valence-electron chi connectivity index (χ3n) is 4.56. The molecule has 3 nitrogen and oxygen atoms in total. The minimum atomic E-state index is 0.269. The summed E-state index contributed by atoms with van der Waals surface area (Å²) in [7, 11) is 0. The summed E-state index contributed by atoms with van der Waals surface area (Å²) in [5.41, 5.74) is 2.56. The molecule has 2 N–H and O–H groups in total. The van der Waals surface area contributed by atoms with E-state index in [9.17, 15) is 0 Å². The maximum atomic E-state index is 8.92. The third-order valence-corrected chi connectivity index (χ3v) is 4.56. The number of benzene rings is 1. The van der Waals surface area contributed by atoms with Gasteiger partial charge in [-0.15, -0.1) is 0 Å². The molecule has 1 saturated heterocycles. The number of nitrogens with one attached hydrogen (secondary N) is 1. The molecule has 0 saturated carbocycles. The Morgan fingerprint density at radius 3 is 3.05 bits per heavy atom. The highest BCUT2D eigenvalue weighted by Gasteiger charge is 2.38. The highest BCUT2D eigenvalue weighted by molar-refractivity contribution is 5.54. The second kappa shape index (κ2) is 5.93. The molecule has 2 heterocycles. The fourth-order valence-corrected chi connectivity index (χ4v) is 3.54. The number of hydrogen-bond acceptors (Lipinski definition) is 3. The molecule has 1 fully saturated rings. The SMILES string of the molecule is OCCCC[C@@H]1CCO[C@H]2c3ccccc3NC[C@@H]12. The largest absolute Gasteiger partial charge is 0.396 e. The van der Waals surface area contributed by atoms with Gasteiger partial charge >= 0.3 is 0 Å². The van der Waals surface area contributed by atoms with Crippen LogP contribution in [0.5, 0.6) is 0 Å². The van der Waals surface area contributed by atoms with E-state index in [2.05, 4.69) is 29.6 Å². The van der Waals surface area contributed by atoms with Crippen molar-refractivity contribution >= 4 is 5.69 Å². The lowest BCUT2D eigenvalue weighted by atomic mass is 9.76. The van der Waals surface area contributed by atoms with Crippen LogP contribution < -0.4 is 5.32 Å². The van der Waals surface area contributed by atoms with Crippen LogP contribution in [0, 0.1) is 11.8 Å². The van der Waals surface area contributed by atoms with Gasteiger partial charge in [0.05, 0.1) is 6.10 Å². The van der Waals surface area contributed by atoms with Gasteiger partial charge in [-0.3, -0.25) is 0 Å². The molecule has 0 aromatic heterocycles. The Labute approximate surface area is 115 Å². The van der Waals surface area contributed by atoms with Crippen molar-refractivity contribution in [3.8, 4) is 0 Å². The molecule has 3 atom stereocenters. The van der Waals surface area contributed by atoms with E-state index in [4.69, 9.17) is 9.84 Å². The molecule has 0 radical (unpaired) electrons. The molecule has 0 bridgehead atoms. The first-order valence-corrected chi connectivity index (χ1v) is 7.45. The Kier molecular flexibility index (Phi) is 4.04. The van der Waals surface area contributed by atoms with E-state index < -0.39 is 0 Å². The maximum absolute atomic E-state index is 8.92. The standard InChI is InChI=1S/C16H23NO2/c18-9-4-3-5-12-8-10-19-16-13-6-1-2-7-15(13)17-11-14(12)16/h1-2,6-7,12,14,16-18H,3-5,8-11H2/t12-,14+,16+/m1/s1. The molecule has 3 rings (SSSR count). The molecule has 3 heteroatoms. The van der Waals surface area contributed by atoms with Gasteiger partial charge in [-0.05, 0) is 31.2 Å². The first-order chi connectivity index (χ1) is 9.40. The van der Waals surface area contributed by atoms with E-state index in [0.717, 1.165) is 38.3 Å². The lowest BCUT2D eigenvalue weighted by Gasteiger charge is -2.42. The van der Waals surface area contributed by atoms with Crippen molar-refractivity contribution in [2.24, 2.45) is 11.8 Å². The molecule has 2 aliphatic rings. The van der Waals surface area contributed by atoms with Crippen LogP contribution >= 0.6 is 0 Å². The van der Waals surface area contributed by atoms with Gasteiger partial charge in [-0.1, -0.05) is 24.6 Å². The topological polar surface area (TPSA) is 41.5 Å². The Hall–Kier alpha value is -1.06. The fourth-order valence-electron chi connectivity index (χ4n) is 3.54. The molecule has 1 aromatic carbocycles. The second-order valence-corrected chi connectivity index (χ2v) is 5.69. The zero-order valence-corrected chi connectivity index (χ0v) is 11.3. The number of rotatable bonds is 4. The Morgan fingerprint density at radius 1 is 1.26 bits per heavy atom. The van der Waals surface area contributed by atoms with Crippen LogP contribution in [0.15, 0.2) is 24.3 Å². The minimum absolute atomic E-state index is 0.269. The van der Waals surface area contributed by atoms with Crippen molar-refractivity contribution in [3.05, 3.63) is 29.8 Å². The third kappa shape index (κ3) is 2.63. The van der Waals surface area contributed by atoms with Crippen LogP contribution in [0.1, 0.15) is 37.4 Å². The molecule has 0 amide bonds. The zero-order valence-electron chi connectivity index (χ0n) is 11.3. The molecule has 0 unspecified atom stereocenters. The fraction of sp³-hybridized carbons (Fsp3) is 0.625. The lowest BCUT2D eigenvalue weighted by Crippen LogP contribution is -2.38. The van der Waals surface area contributed by atoms with Gasteiger partial charge < -0.3 is 15.2 Å². The Bertz CT molecular complexity index is 421. The molecular weight excluding hydrogens is 238 g/mol. The van der Waals surface area contributed by atoms with Crippen LogP contribution in [0.4, 0.5) is 5.69 Å². The van der Waals surface area contributed by atoms with Gasteiger partial charge in [-0.25, -0.2) is 0 Å². The molecule has 2 aliphatic heterocycles. The van der Waals surface area contributed by atoms with Crippen LogP contribution in [-0.2, 0) is 4.74 Å². The highest BCUT2D eigenvalue weighted by Crippen LogP contribution is 2.44. The van der Waals surface area contributed by atoms with Gasteiger partial charge in [0, 0.05) is 36.9 Å². The van der Waals surface area contributed by atoms with Crippen molar-refractivity contribution in [1.29, 1.82) is 0 Å². The van der Waals surface area contributed by atoms with Crippen molar-refractivity contribution in [1.82, 2.24) is 0 Å². The van der Waals surface area contributed by atoms with Gasteiger partial charge in [0.15, 0.2) is 0 Å². The number of ether oxygens (including phenoxy) is 1. The smallest absolute Gasteiger partial charge is 0.0892 e. The zero-order chi connectivity index (χ0) is 13.1. The Balaban J connectivity index is 1.73. The van der Waals surface area contributed by atoms with Crippen molar-refractivity contribution in [2.75, 3.05) is 25.1 Å². The molecular formula is C16H23NO2. The number of aliphatic hydroxyl groups excluding tert-OH is 1. The molecule has 104 valence electrons. The lowest BCUT2D eigenvalue weighted by molar-refractivity contribution is -0.0593. The average molecular weight is 261 g/mol. The summed E-state index contributed by atoms with van der Waals surface area (Å²) >= 11 is 0. The van der Waals surface area contributed by atoms with Crippen molar-refractivity contribution < 1.29 is 9.84 Å². The number of aliphatic hydroxyl groups is 1. The summed E-state index contributed by atoms with van der Waals surface area (Å²) in [6, 6.07) is 8.51. The Morgan fingerprint density at radius 2 is 2.16 bits per heavy atom. The summed E-state index contributed by atoms with van der Waals surface area (Å²) < 4.78 is 6.06. The van der Waals surface area contributed by atoms with E-state index >= 15 is 0 Å². The number of fused-ring (bicyclic) bond motifs is 3. The predicted octanol–water partition coefficient (Wildman–Crippen LogP) is 2.97. The highest BCUT2D eigenvalue weighted by atomic mass is 16.5. The van der Waals surface area contributed by atoms with E-state index in [-0.39, 0.29) is 6.10 Å². The maximum Gasteiger partial charge on any atom is 0.0892 e. The van der Waals surface area contributed by atoms with Gasteiger partial charge in [-0.2, -0.15) is 0 Å². The molecule has 0 aliphatic carbocycles. The van der Waals surface area contributed by atoms with Crippen LogP contribution in [0.2, 0.25) is 0 Å². The summed E-state index contributed by atoms with van der Waals surface area (Å²) in [5, 5.41) is 12.5. The van der Waals surface area contributed by atoms with E-state index in [0.29, 0.717) is 12.5 Å². The first-order valence-electron chi connectivity index (χ1n) is 7.45. The molecule has 1 aromatic rings. The van der Waals surface area contributed by atoms with E-state index in [1.54, 1.807) is 0 Å². The average Bonchev–Trinajstić information content (AvgIpc) is 2.47. The summed E-state index contributed by atoms with van der Waals surface area (Å²) in [5.74, 6) is 1.31. The normalized spacial score (nSPS) is 29.2. The summed E-state index contributed by atoms with van der Waals surface area (Å²) in [4.78, 5) is 0. The first kappa shape index (κ1) is 12.9. The van der Waals surface area contributed by atoms with Gasteiger partial charge in [0.2, 0.25) is 0 Å². The minimum Gasteiger partial charge on any atom is -0.396 e. The van der Waals surface area contributed by atoms with Crippen LogP contribution in [-0.4, -0.2) is 24.9 Å². The molecule has 19 heavy (non-hydrogen) atoms. The predicted molar refractivity (Wildman–Crippen MR) is 76.2 cm³/mol. The van der Waals surface area contributed by atoms with E-state index in [1.165, 1.54) is 17.7 Å².